The van der Waals surface area contributed by atoms with Gasteiger partial charge < -0.3 is 23.7 Å². The highest BCUT2D eigenvalue weighted by molar-refractivity contribution is 5.91. The molecule has 0 aliphatic carbocycles. The van der Waals surface area contributed by atoms with E-state index in [-0.39, 0.29) is 19.2 Å². The number of carbonyl (C=O) groups is 3. The summed E-state index contributed by atoms with van der Waals surface area (Å²) in [6.07, 6.45) is -0.638. The van der Waals surface area contributed by atoms with Gasteiger partial charge in [-0.15, -0.1) is 0 Å². The summed E-state index contributed by atoms with van der Waals surface area (Å²) in [5.41, 5.74) is 2.31. The number of carbonyl (C=O) groups excluding carboxylic acids is 3. The predicted octanol–water partition coefficient (Wildman–Crippen LogP) is 4.56. The molecule has 1 heterocycles. The number of rotatable bonds is 7. The molecule has 0 fully saturated rings. The molecule has 0 bridgehead atoms. The van der Waals surface area contributed by atoms with E-state index in [0.717, 1.165) is 0 Å². The Balaban J connectivity index is 2.12. The van der Waals surface area contributed by atoms with Gasteiger partial charge in [-0.1, -0.05) is 12.1 Å². The molecule has 3 rings (SSSR count). The number of anilines is 1. The molecule has 2 unspecified atom stereocenters. The molecule has 2 aromatic carbocycles. The second-order valence-corrected chi connectivity index (χ2v) is 8.23. The van der Waals surface area contributed by atoms with E-state index in [4.69, 9.17) is 23.7 Å². The van der Waals surface area contributed by atoms with Crippen molar-refractivity contribution < 1.29 is 38.1 Å². The van der Waals surface area contributed by atoms with Gasteiger partial charge in [0.25, 0.3) is 0 Å². The zero-order chi connectivity index (χ0) is 26.4. The predicted molar refractivity (Wildman–Crippen MR) is 132 cm³/mol. The van der Waals surface area contributed by atoms with Crippen LogP contribution in [-0.2, 0) is 20.8 Å². The average molecular weight is 501 g/mol. The summed E-state index contributed by atoms with van der Waals surface area (Å²) in [5, 5.41) is 0. The van der Waals surface area contributed by atoms with Crippen LogP contribution in [0.4, 0.5) is 15.3 Å². The minimum absolute atomic E-state index is 0.155. The Morgan fingerprint density at radius 2 is 1.69 bits per heavy atom. The number of nitrogens with zero attached hydrogens (tertiary/aromatic N) is 2. The maximum absolute atomic E-state index is 13.1. The lowest BCUT2D eigenvalue weighted by Gasteiger charge is -2.42. The quantitative estimate of drug-likeness (QED) is 0.403. The fourth-order valence-electron chi connectivity index (χ4n) is 4.45. The number of benzene rings is 2. The van der Waals surface area contributed by atoms with Crippen molar-refractivity contribution in [1.29, 1.82) is 0 Å². The number of fused-ring (bicyclic) bond motifs is 1. The molecule has 0 spiro atoms. The summed E-state index contributed by atoms with van der Waals surface area (Å²) in [4.78, 5) is 41.1. The number of methoxy groups -OCH3 is 4. The van der Waals surface area contributed by atoms with Gasteiger partial charge in [-0.25, -0.2) is 14.4 Å². The summed E-state index contributed by atoms with van der Waals surface area (Å²) >= 11 is 0. The lowest BCUT2D eigenvalue weighted by Crippen LogP contribution is -2.47. The molecule has 2 aromatic rings. The molecule has 2 amide bonds. The molecule has 194 valence electrons. The molecule has 0 saturated heterocycles. The molecule has 1 aliphatic rings. The van der Waals surface area contributed by atoms with E-state index in [1.807, 2.05) is 13.0 Å². The van der Waals surface area contributed by atoms with E-state index in [1.54, 1.807) is 47.1 Å². The first-order valence-corrected chi connectivity index (χ1v) is 11.5. The minimum atomic E-state index is -0.555. The Labute approximate surface area is 210 Å². The van der Waals surface area contributed by atoms with Crippen LogP contribution in [0.3, 0.4) is 0 Å². The van der Waals surface area contributed by atoms with Gasteiger partial charge in [0.05, 0.1) is 52.3 Å². The molecule has 0 N–H and O–H groups in total. The van der Waals surface area contributed by atoms with Crippen LogP contribution in [-0.4, -0.2) is 64.1 Å². The number of hydrogen-bond donors (Lipinski definition) is 0. The van der Waals surface area contributed by atoms with E-state index in [2.05, 4.69) is 0 Å². The van der Waals surface area contributed by atoms with Crippen molar-refractivity contribution in [2.75, 3.05) is 39.9 Å². The van der Waals surface area contributed by atoms with Crippen LogP contribution in [0.5, 0.6) is 11.5 Å². The highest BCUT2D eigenvalue weighted by Gasteiger charge is 2.40. The van der Waals surface area contributed by atoms with Gasteiger partial charge in [0.15, 0.2) is 11.5 Å². The summed E-state index contributed by atoms with van der Waals surface area (Å²) in [5.74, 6) is 0.422. The molecule has 36 heavy (non-hydrogen) atoms. The van der Waals surface area contributed by atoms with Crippen LogP contribution >= 0.6 is 0 Å². The number of ether oxygens (including phenoxy) is 5. The van der Waals surface area contributed by atoms with E-state index in [9.17, 15) is 14.4 Å². The molecule has 10 nitrogen and oxygen atoms in total. The standard InChI is InChI=1S/C26H32N2O8/c1-7-36-26(31)28-16(2)11-20(19-13-22(32-3)23(33-4)14-21(19)28)27(25(30)35-6)15-17-9-8-10-18(12-17)24(29)34-5/h8-10,12-14,16,20H,7,11,15H2,1-6H3. The van der Waals surface area contributed by atoms with Crippen LogP contribution in [0.25, 0.3) is 0 Å². The zero-order valence-corrected chi connectivity index (χ0v) is 21.4. The second-order valence-electron chi connectivity index (χ2n) is 8.23. The van der Waals surface area contributed by atoms with Crippen molar-refractivity contribution in [3.05, 3.63) is 53.1 Å². The molecule has 2 atom stereocenters. The van der Waals surface area contributed by atoms with Crippen molar-refractivity contribution in [1.82, 2.24) is 4.90 Å². The molecular weight excluding hydrogens is 468 g/mol. The van der Waals surface area contributed by atoms with Gasteiger partial charge in [-0.3, -0.25) is 9.80 Å². The van der Waals surface area contributed by atoms with Crippen molar-refractivity contribution in [2.24, 2.45) is 0 Å². The highest BCUT2D eigenvalue weighted by Crippen LogP contribution is 2.46. The monoisotopic (exact) mass is 500 g/mol. The van der Waals surface area contributed by atoms with E-state index >= 15 is 0 Å². The minimum Gasteiger partial charge on any atom is -0.493 e. The van der Waals surface area contributed by atoms with Gasteiger partial charge in [0, 0.05) is 24.2 Å². The summed E-state index contributed by atoms with van der Waals surface area (Å²) < 4.78 is 26.3. The van der Waals surface area contributed by atoms with Crippen LogP contribution in [0, 0.1) is 0 Å². The highest BCUT2D eigenvalue weighted by atomic mass is 16.6. The SMILES string of the molecule is CCOC(=O)N1c2cc(OC)c(OC)cc2C(N(Cc2cccc(C(=O)OC)c2)C(=O)OC)CC1C. The zero-order valence-electron chi connectivity index (χ0n) is 21.4. The first-order chi connectivity index (χ1) is 17.3. The lowest BCUT2D eigenvalue weighted by atomic mass is 9.90. The van der Waals surface area contributed by atoms with Crippen molar-refractivity contribution in [3.8, 4) is 11.5 Å². The van der Waals surface area contributed by atoms with Gasteiger partial charge in [0.2, 0.25) is 0 Å². The summed E-state index contributed by atoms with van der Waals surface area (Å²) in [6.45, 7) is 4.00. The van der Waals surface area contributed by atoms with E-state index in [0.29, 0.717) is 40.3 Å². The van der Waals surface area contributed by atoms with E-state index < -0.39 is 24.2 Å². The van der Waals surface area contributed by atoms with Crippen LogP contribution in [0.15, 0.2) is 36.4 Å². The first kappa shape index (κ1) is 26.7. The smallest absolute Gasteiger partial charge is 0.414 e. The molecule has 1 aliphatic heterocycles. The largest absolute Gasteiger partial charge is 0.493 e. The molecule has 10 heteroatoms. The number of hydrogen-bond acceptors (Lipinski definition) is 8. The average Bonchev–Trinajstić information content (AvgIpc) is 2.89. The fourth-order valence-corrected chi connectivity index (χ4v) is 4.45. The van der Waals surface area contributed by atoms with E-state index in [1.165, 1.54) is 28.4 Å². The topological polar surface area (TPSA) is 104 Å². The van der Waals surface area contributed by atoms with Gasteiger partial charge in [0.1, 0.15) is 0 Å². The maximum atomic E-state index is 13.1. The Morgan fingerprint density at radius 3 is 2.31 bits per heavy atom. The Morgan fingerprint density at radius 1 is 1.00 bits per heavy atom. The molecular formula is C26H32N2O8. The lowest BCUT2D eigenvalue weighted by molar-refractivity contribution is 0.0600. The molecule has 0 radical (unpaired) electrons. The molecule has 0 aromatic heterocycles. The fraction of sp³-hybridized carbons (Fsp3) is 0.423. The first-order valence-electron chi connectivity index (χ1n) is 11.5. The van der Waals surface area contributed by atoms with Crippen LogP contribution < -0.4 is 14.4 Å². The second kappa shape index (κ2) is 11.7. The van der Waals surface area contributed by atoms with Gasteiger partial charge >= 0.3 is 18.2 Å². The summed E-state index contributed by atoms with van der Waals surface area (Å²) in [7, 11) is 5.65. The van der Waals surface area contributed by atoms with Gasteiger partial charge in [-0.2, -0.15) is 0 Å². The number of esters is 1. The van der Waals surface area contributed by atoms with Crippen molar-refractivity contribution in [2.45, 2.75) is 38.9 Å². The maximum Gasteiger partial charge on any atom is 0.414 e. The van der Waals surface area contributed by atoms with Gasteiger partial charge in [-0.05, 0) is 44.0 Å². The third kappa shape index (κ3) is 5.32. The van der Waals surface area contributed by atoms with Crippen molar-refractivity contribution >= 4 is 23.8 Å². The summed E-state index contributed by atoms with van der Waals surface area (Å²) in [6, 6.07) is 9.54. The third-order valence-corrected chi connectivity index (χ3v) is 6.11. The Kier molecular flexibility index (Phi) is 8.63. The Hall–Kier alpha value is -3.95. The van der Waals surface area contributed by atoms with Crippen LogP contribution in [0.2, 0.25) is 0 Å². The normalized spacial score (nSPS) is 16.4. The van der Waals surface area contributed by atoms with Crippen LogP contribution in [0.1, 0.15) is 47.8 Å². The Bertz CT molecular complexity index is 1120. The molecule has 0 saturated carbocycles. The van der Waals surface area contributed by atoms with Crippen molar-refractivity contribution in [3.63, 3.8) is 0 Å². The third-order valence-electron chi connectivity index (χ3n) is 6.11. The number of amides is 2.